The molecule has 2 aromatic heterocycles. The third kappa shape index (κ3) is 5.81. The van der Waals surface area contributed by atoms with Crippen LogP contribution < -0.4 is 10.1 Å². The third-order valence-electron chi connectivity index (χ3n) is 5.71. The van der Waals surface area contributed by atoms with Crippen LogP contribution in [0.2, 0.25) is 0 Å². The number of pyridine rings is 2. The van der Waals surface area contributed by atoms with Gasteiger partial charge in [0.25, 0.3) is 0 Å². The monoisotopic (exact) mass is 466 g/mol. The van der Waals surface area contributed by atoms with Crippen LogP contribution in [0, 0.1) is 5.92 Å². The summed E-state index contributed by atoms with van der Waals surface area (Å²) in [5.74, 6) is 1.94. The van der Waals surface area contributed by atoms with E-state index in [4.69, 9.17) is 4.74 Å². The number of hydrogen-bond acceptors (Lipinski definition) is 5. The zero-order valence-electron chi connectivity index (χ0n) is 17.7. The van der Waals surface area contributed by atoms with E-state index in [0.29, 0.717) is 22.6 Å². The summed E-state index contributed by atoms with van der Waals surface area (Å²) in [6, 6.07) is 12.1. The number of hydrogen-bond donors (Lipinski definition) is 1. The fourth-order valence-electron chi connectivity index (χ4n) is 3.97. The highest BCUT2D eigenvalue weighted by atomic mass is 35.5. The molecule has 0 saturated carbocycles. The molecule has 172 valence electrons. The predicted octanol–water partition coefficient (Wildman–Crippen LogP) is 5.40. The molecule has 1 saturated heterocycles. The molecule has 9 heteroatoms. The maximum atomic E-state index is 12.9. The fraction of sp³-hybridized carbons (Fsp3) is 0.391. The number of benzene rings is 1. The number of piperidine rings is 1. The number of methoxy groups -OCH3 is 1. The minimum absolute atomic E-state index is 0. The topological polar surface area (TPSA) is 50.3 Å². The number of rotatable bonds is 6. The molecule has 1 aliphatic rings. The first-order valence-electron chi connectivity index (χ1n) is 10.3. The first kappa shape index (κ1) is 24.1. The Bertz CT molecular complexity index is 1040. The van der Waals surface area contributed by atoms with Crippen LogP contribution in [0.3, 0.4) is 0 Å². The average molecular weight is 467 g/mol. The Morgan fingerprint density at radius 2 is 1.91 bits per heavy atom. The lowest BCUT2D eigenvalue weighted by Crippen LogP contribution is -2.35. The summed E-state index contributed by atoms with van der Waals surface area (Å²) < 4.78 is 44.0. The second kappa shape index (κ2) is 10.4. The molecular weight excluding hydrogens is 441 g/mol. The summed E-state index contributed by atoms with van der Waals surface area (Å²) in [4.78, 5) is 10.5. The van der Waals surface area contributed by atoms with Crippen molar-refractivity contribution in [3.63, 3.8) is 0 Å². The molecule has 0 amide bonds. The number of likely N-dealkylation sites (tertiary alicyclic amines) is 1. The van der Waals surface area contributed by atoms with E-state index in [1.54, 1.807) is 7.11 Å². The van der Waals surface area contributed by atoms with E-state index in [2.05, 4.69) is 32.3 Å². The van der Waals surface area contributed by atoms with Crippen LogP contribution in [0.25, 0.3) is 10.9 Å². The van der Waals surface area contributed by atoms with Crippen molar-refractivity contribution in [2.75, 3.05) is 32.1 Å². The number of nitrogens with zero attached hydrogens (tertiary/aromatic N) is 3. The molecule has 3 aromatic rings. The van der Waals surface area contributed by atoms with Gasteiger partial charge in [-0.1, -0.05) is 12.1 Å². The molecule has 5 nitrogen and oxygen atoms in total. The normalized spacial score (nSPS) is 15.4. The largest absolute Gasteiger partial charge is 0.497 e. The van der Waals surface area contributed by atoms with Crippen LogP contribution in [0.5, 0.6) is 5.75 Å². The third-order valence-corrected chi connectivity index (χ3v) is 5.71. The molecular formula is C23H26ClF3N4O. The van der Waals surface area contributed by atoms with Crippen molar-refractivity contribution >= 4 is 29.1 Å². The molecule has 0 atom stereocenters. The van der Waals surface area contributed by atoms with Gasteiger partial charge in [-0.2, -0.15) is 13.2 Å². The van der Waals surface area contributed by atoms with E-state index >= 15 is 0 Å². The van der Waals surface area contributed by atoms with Gasteiger partial charge in [0.05, 0.1) is 12.6 Å². The Kier molecular flexibility index (Phi) is 7.79. The second-order valence-corrected chi connectivity index (χ2v) is 7.87. The first-order chi connectivity index (χ1) is 14.9. The highest BCUT2D eigenvalue weighted by Gasteiger charge is 2.32. The summed E-state index contributed by atoms with van der Waals surface area (Å²) in [7, 11) is 1.67. The van der Waals surface area contributed by atoms with E-state index < -0.39 is 11.9 Å². The van der Waals surface area contributed by atoms with Crippen molar-refractivity contribution in [3.8, 4) is 5.75 Å². The van der Waals surface area contributed by atoms with Gasteiger partial charge in [-0.25, -0.2) is 9.97 Å². The summed E-state index contributed by atoms with van der Waals surface area (Å²) in [6.07, 6.45) is -0.852. The molecule has 0 aliphatic carbocycles. The minimum Gasteiger partial charge on any atom is -0.497 e. The quantitative estimate of drug-likeness (QED) is 0.527. The first-order valence-corrected chi connectivity index (χ1v) is 10.3. The van der Waals surface area contributed by atoms with Gasteiger partial charge in [-0.15, -0.1) is 12.4 Å². The smallest absolute Gasteiger partial charge is 0.433 e. The van der Waals surface area contributed by atoms with Crippen LogP contribution in [0.4, 0.5) is 19.0 Å². The predicted molar refractivity (Wildman–Crippen MR) is 121 cm³/mol. The molecule has 1 N–H and O–H groups in total. The van der Waals surface area contributed by atoms with Gasteiger partial charge in [0, 0.05) is 24.7 Å². The number of aromatic nitrogens is 2. The van der Waals surface area contributed by atoms with Gasteiger partial charge in [-0.05, 0) is 67.7 Å². The maximum Gasteiger partial charge on any atom is 0.433 e. The van der Waals surface area contributed by atoms with Crippen LogP contribution in [-0.4, -0.2) is 41.6 Å². The summed E-state index contributed by atoms with van der Waals surface area (Å²) in [5.41, 5.74) is 0.641. The van der Waals surface area contributed by atoms with Crippen molar-refractivity contribution in [1.29, 1.82) is 0 Å². The van der Waals surface area contributed by atoms with E-state index in [1.807, 2.05) is 12.1 Å². The van der Waals surface area contributed by atoms with Gasteiger partial charge in [0.1, 0.15) is 17.3 Å². The lowest BCUT2D eigenvalue weighted by molar-refractivity contribution is -0.140. The van der Waals surface area contributed by atoms with Gasteiger partial charge in [0.15, 0.2) is 0 Å². The standard InChI is InChI=1S/C23H25F3N4O.ClH/c1-31-18-4-2-3-17(13-18)15-30-11-8-16(9-12-30)14-28-22-19-5-6-21(23(24,25)26)29-20(19)7-10-27-22;/h2-7,10,13,16H,8-9,11-12,14-15H2,1H3,(H,27,28);1H. The number of ether oxygens (including phenoxy) is 1. The summed E-state index contributed by atoms with van der Waals surface area (Å²) >= 11 is 0. The lowest BCUT2D eigenvalue weighted by Gasteiger charge is -2.32. The molecule has 4 rings (SSSR count). The maximum absolute atomic E-state index is 12.9. The molecule has 0 radical (unpaired) electrons. The van der Waals surface area contributed by atoms with Crippen molar-refractivity contribution in [1.82, 2.24) is 14.9 Å². The van der Waals surface area contributed by atoms with Gasteiger partial charge in [-0.3, -0.25) is 4.90 Å². The highest BCUT2D eigenvalue weighted by molar-refractivity contribution is 5.89. The Morgan fingerprint density at radius 1 is 1.12 bits per heavy atom. The molecule has 1 aliphatic heterocycles. The minimum atomic E-state index is -4.45. The van der Waals surface area contributed by atoms with Crippen LogP contribution in [0.1, 0.15) is 24.1 Å². The lowest BCUT2D eigenvalue weighted by atomic mass is 9.96. The van der Waals surface area contributed by atoms with Crippen molar-refractivity contribution < 1.29 is 17.9 Å². The van der Waals surface area contributed by atoms with Crippen molar-refractivity contribution in [2.24, 2.45) is 5.92 Å². The van der Waals surface area contributed by atoms with Crippen molar-refractivity contribution in [3.05, 3.63) is 59.9 Å². The highest BCUT2D eigenvalue weighted by Crippen LogP contribution is 2.30. The van der Waals surface area contributed by atoms with E-state index in [9.17, 15) is 13.2 Å². The summed E-state index contributed by atoms with van der Waals surface area (Å²) in [6.45, 7) is 3.64. The molecule has 0 spiro atoms. The van der Waals surface area contributed by atoms with Crippen LogP contribution >= 0.6 is 12.4 Å². The number of anilines is 1. The number of halogens is 4. The Labute approximate surface area is 191 Å². The Hall–Kier alpha value is -2.58. The second-order valence-electron chi connectivity index (χ2n) is 7.87. The number of nitrogens with one attached hydrogen (secondary N) is 1. The number of alkyl halides is 3. The molecule has 1 fully saturated rings. The van der Waals surface area contributed by atoms with E-state index in [1.165, 1.54) is 23.9 Å². The van der Waals surface area contributed by atoms with Crippen molar-refractivity contribution in [2.45, 2.75) is 25.6 Å². The Morgan fingerprint density at radius 3 is 2.62 bits per heavy atom. The zero-order valence-corrected chi connectivity index (χ0v) is 18.5. The van der Waals surface area contributed by atoms with E-state index in [-0.39, 0.29) is 12.4 Å². The SMILES string of the molecule is COc1cccc(CN2CCC(CNc3nccc4nc(C(F)(F)F)ccc34)CC2)c1.Cl. The molecule has 3 heterocycles. The fourth-order valence-corrected chi connectivity index (χ4v) is 3.97. The molecule has 0 unspecified atom stereocenters. The van der Waals surface area contributed by atoms with Crippen LogP contribution in [-0.2, 0) is 12.7 Å². The van der Waals surface area contributed by atoms with E-state index in [0.717, 1.165) is 50.8 Å². The van der Waals surface area contributed by atoms with Gasteiger partial charge >= 0.3 is 6.18 Å². The van der Waals surface area contributed by atoms with Gasteiger partial charge in [0.2, 0.25) is 0 Å². The summed E-state index contributed by atoms with van der Waals surface area (Å²) in [5, 5.41) is 3.93. The molecule has 0 bridgehead atoms. The molecule has 32 heavy (non-hydrogen) atoms. The molecule has 1 aromatic carbocycles. The zero-order chi connectivity index (χ0) is 21.8. The number of fused-ring (bicyclic) bond motifs is 1. The average Bonchev–Trinajstić information content (AvgIpc) is 2.77. The Balaban J connectivity index is 0.00000289. The van der Waals surface area contributed by atoms with Gasteiger partial charge < -0.3 is 10.1 Å². The van der Waals surface area contributed by atoms with Crippen LogP contribution in [0.15, 0.2) is 48.7 Å².